The molecule has 0 amide bonds. The summed E-state index contributed by atoms with van der Waals surface area (Å²) in [5.41, 5.74) is -1.24. The van der Waals surface area contributed by atoms with Gasteiger partial charge in [-0.25, -0.2) is 0 Å². The highest BCUT2D eigenvalue weighted by molar-refractivity contribution is 5.73. The molecule has 3 N–H and O–H groups in total. The number of hydrogen-bond donors (Lipinski definition) is 3. The van der Waals surface area contributed by atoms with Crippen molar-refractivity contribution in [3.8, 4) is 0 Å². The van der Waals surface area contributed by atoms with E-state index in [0.717, 1.165) is 5.57 Å². The molecule has 1 heterocycles. The van der Waals surface area contributed by atoms with Crippen LogP contribution >= 0.6 is 0 Å². The largest absolute Gasteiger partial charge is 0.452 e. The Morgan fingerprint density at radius 3 is 2.67 bits per heavy atom. The molecule has 5 atom stereocenters. The van der Waals surface area contributed by atoms with Gasteiger partial charge in [0.15, 0.2) is 5.60 Å². The maximum atomic E-state index is 11.3. The zero-order valence-corrected chi connectivity index (χ0v) is 15.2. The Balaban J connectivity index is 2.70. The molecule has 0 spiro atoms. The summed E-state index contributed by atoms with van der Waals surface area (Å²) in [6.45, 7) is 6.72. The molecular formula is C18H30O6. The SMILES string of the molecule is CO[C@@H](/C=C/C1(C)OC(=O)CC1O)/C(C)=C/CC[C@](C)(O)[C@@H](C)O. The maximum absolute atomic E-state index is 11.3. The molecule has 1 aliphatic heterocycles. The van der Waals surface area contributed by atoms with Gasteiger partial charge in [-0.15, -0.1) is 0 Å². The van der Waals surface area contributed by atoms with Crippen LogP contribution in [0.4, 0.5) is 0 Å². The quantitative estimate of drug-likeness (QED) is 0.457. The summed E-state index contributed by atoms with van der Waals surface area (Å²) in [5.74, 6) is -0.420. The van der Waals surface area contributed by atoms with Crippen molar-refractivity contribution in [3.63, 3.8) is 0 Å². The number of ether oxygens (including phenoxy) is 2. The lowest BCUT2D eigenvalue weighted by atomic mass is 9.93. The Labute approximate surface area is 143 Å². The van der Waals surface area contributed by atoms with Crippen LogP contribution in [0, 0.1) is 0 Å². The Morgan fingerprint density at radius 2 is 2.21 bits per heavy atom. The summed E-state index contributed by atoms with van der Waals surface area (Å²) in [7, 11) is 1.57. The van der Waals surface area contributed by atoms with Crippen molar-refractivity contribution in [1.82, 2.24) is 0 Å². The second-order valence-electron chi connectivity index (χ2n) is 6.91. The zero-order valence-electron chi connectivity index (χ0n) is 15.2. The molecule has 0 saturated carbocycles. The number of aliphatic hydroxyl groups excluding tert-OH is 2. The molecular weight excluding hydrogens is 312 g/mol. The van der Waals surface area contributed by atoms with Gasteiger partial charge in [0.1, 0.15) is 6.10 Å². The molecule has 0 aromatic rings. The van der Waals surface area contributed by atoms with Gasteiger partial charge in [-0.1, -0.05) is 12.2 Å². The fourth-order valence-electron chi connectivity index (χ4n) is 2.47. The summed E-state index contributed by atoms with van der Waals surface area (Å²) >= 11 is 0. The first-order chi connectivity index (χ1) is 11.0. The molecule has 1 fully saturated rings. The smallest absolute Gasteiger partial charge is 0.309 e. The number of esters is 1. The first-order valence-corrected chi connectivity index (χ1v) is 8.21. The van der Waals surface area contributed by atoms with Crippen LogP contribution in [0.3, 0.4) is 0 Å². The average molecular weight is 342 g/mol. The van der Waals surface area contributed by atoms with Gasteiger partial charge in [0.05, 0.1) is 24.2 Å². The topological polar surface area (TPSA) is 96.2 Å². The molecule has 0 aromatic carbocycles. The summed E-state index contributed by atoms with van der Waals surface area (Å²) in [6, 6.07) is 0. The summed E-state index contributed by atoms with van der Waals surface area (Å²) in [4.78, 5) is 11.3. The van der Waals surface area contributed by atoms with Gasteiger partial charge in [0.2, 0.25) is 0 Å². The van der Waals surface area contributed by atoms with E-state index in [1.807, 2.05) is 13.0 Å². The van der Waals surface area contributed by atoms with Gasteiger partial charge in [0.25, 0.3) is 0 Å². The highest BCUT2D eigenvalue weighted by Crippen LogP contribution is 2.29. The summed E-state index contributed by atoms with van der Waals surface area (Å²) in [6.07, 6.45) is 4.34. The van der Waals surface area contributed by atoms with Crippen LogP contribution in [-0.2, 0) is 14.3 Å². The van der Waals surface area contributed by atoms with Crippen molar-refractivity contribution < 1.29 is 29.6 Å². The van der Waals surface area contributed by atoms with Crippen molar-refractivity contribution in [2.45, 2.75) is 76.5 Å². The van der Waals surface area contributed by atoms with Crippen molar-refractivity contribution in [2.24, 2.45) is 0 Å². The maximum Gasteiger partial charge on any atom is 0.309 e. The monoisotopic (exact) mass is 342 g/mol. The van der Waals surface area contributed by atoms with Crippen molar-refractivity contribution >= 4 is 5.97 Å². The number of allylic oxidation sites excluding steroid dienone is 1. The third-order valence-corrected chi connectivity index (χ3v) is 4.68. The van der Waals surface area contributed by atoms with Crippen LogP contribution in [0.25, 0.3) is 0 Å². The number of carbonyl (C=O) groups excluding carboxylic acids is 1. The third kappa shape index (κ3) is 5.41. The van der Waals surface area contributed by atoms with E-state index in [1.165, 1.54) is 0 Å². The van der Waals surface area contributed by atoms with Crippen LogP contribution in [-0.4, -0.2) is 57.9 Å². The average Bonchev–Trinajstić information content (AvgIpc) is 2.72. The standard InChI is InChI=1S/C18H30O6/c1-12(7-6-9-17(3,22)13(2)19)14(23-5)8-10-18(4)15(20)11-16(21)24-18/h7-8,10,13-15,19-20,22H,6,9,11H2,1-5H3/b10-8+,12-7+/t13-,14+,15?,17+,18?/m1/s1. The first-order valence-electron chi connectivity index (χ1n) is 8.21. The minimum absolute atomic E-state index is 0.0122. The molecule has 0 aromatic heterocycles. The van der Waals surface area contributed by atoms with Gasteiger partial charge in [-0.05, 0) is 52.2 Å². The molecule has 2 unspecified atom stereocenters. The molecule has 24 heavy (non-hydrogen) atoms. The molecule has 0 bridgehead atoms. The second kappa shape index (κ2) is 8.25. The lowest BCUT2D eigenvalue weighted by molar-refractivity contribution is -0.145. The number of rotatable bonds is 8. The van der Waals surface area contributed by atoms with E-state index in [2.05, 4.69) is 0 Å². The second-order valence-corrected chi connectivity index (χ2v) is 6.91. The molecule has 1 saturated heterocycles. The highest BCUT2D eigenvalue weighted by Gasteiger charge is 2.42. The predicted octanol–water partition coefficient (Wildman–Crippen LogP) is 1.48. The van der Waals surface area contributed by atoms with E-state index in [0.29, 0.717) is 12.8 Å². The van der Waals surface area contributed by atoms with E-state index < -0.39 is 29.4 Å². The van der Waals surface area contributed by atoms with Crippen LogP contribution in [0.5, 0.6) is 0 Å². The van der Waals surface area contributed by atoms with E-state index in [4.69, 9.17) is 9.47 Å². The lowest BCUT2D eigenvalue weighted by Crippen LogP contribution is -2.36. The molecule has 6 heteroatoms. The first kappa shape index (κ1) is 20.8. The normalized spacial score (nSPS) is 30.2. The molecule has 6 nitrogen and oxygen atoms in total. The third-order valence-electron chi connectivity index (χ3n) is 4.68. The van der Waals surface area contributed by atoms with Crippen LogP contribution in [0.15, 0.2) is 23.8 Å². The Bertz CT molecular complexity index is 494. The van der Waals surface area contributed by atoms with Gasteiger partial charge in [0, 0.05) is 7.11 Å². The van der Waals surface area contributed by atoms with E-state index in [9.17, 15) is 20.1 Å². The van der Waals surface area contributed by atoms with Crippen LogP contribution in [0.2, 0.25) is 0 Å². The van der Waals surface area contributed by atoms with Crippen molar-refractivity contribution in [2.75, 3.05) is 7.11 Å². The summed E-state index contributed by atoms with van der Waals surface area (Å²) in [5, 5.41) is 29.5. The predicted molar refractivity (Wildman–Crippen MR) is 90.4 cm³/mol. The summed E-state index contributed by atoms with van der Waals surface area (Å²) < 4.78 is 10.6. The zero-order chi connectivity index (χ0) is 18.5. The molecule has 138 valence electrons. The Morgan fingerprint density at radius 1 is 1.58 bits per heavy atom. The van der Waals surface area contributed by atoms with Crippen LogP contribution in [0.1, 0.15) is 47.0 Å². The number of cyclic esters (lactones) is 1. The molecule has 0 aliphatic carbocycles. The Kier molecular flexibility index (Phi) is 7.16. The minimum atomic E-state index is -1.13. The van der Waals surface area contributed by atoms with Gasteiger partial charge >= 0.3 is 5.97 Å². The highest BCUT2D eigenvalue weighted by atomic mass is 16.6. The molecule has 1 rings (SSSR count). The van der Waals surface area contributed by atoms with Crippen molar-refractivity contribution in [3.05, 3.63) is 23.8 Å². The Hall–Kier alpha value is -1.21. The number of methoxy groups -OCH3 is 1. The number of aliphatic hydroxyl groups is 3. The number of carbonyl (C=O) groups is 1. The molecule has 0 radical (unpaired) electrons. The minimum Gasteiger partial charge on any atom is -0.452 e. The van der Waals surface area contributed by atoms with Gasteiger partial charge in [-0.2, -0.15) is 0 Å². The van der Waals surface area contributed by atoms with Crippen molar-refractivity contribution in [1.29, 1.82) is 0 Å². The van der Waals surface area contributed by atoms with E-state index in [1.54, 1.807) is 40.0 Å². The number of hydrogen-bond acceptors (Lipinski definition) is 6. The lowest BCUT2D eigenvalue weighted by Gasteiger charge is -2.26. The fourth-order valence-corrected chi connectivity index (χ4v) is 2.47. The fraction of sp³-hybridized carbons (Fsp3) is 0.722. The van der Waals surface area contributed by atoms with E-state index in [-0.39, 0.29) is 12.5 Å². The van der Waals surface area contributed by atoms with Crippen LogP contribution < -0.4 is 0 Å². The van der Waals surface area contributed by atoms with Gasteiger partial charge in [-0.3, -0.25) is 4.79 Å². The molecule has 1 aliphatic rings. The van der Waals surface area contributed by atoms with E-state index >= 15 is 0 Å². The van der Waals surface area contributed by atoms with Gasteiger partial charge < -0.3 is 24.8 Å².